The summed E-state index contributed by atoms with van der Waals surface area (Å²) in [6, 6.07) is 0. The molecule has 0 N–H and O–H groups in total. The first-order chi connectivity index (χ1) is 31.4. The Hall–Kier alpha value is -2.98. The molecule has 6 unspecified atom stereocenters. The second-order valence-electron chi connectivity index (χ2n) is 23.4. The molecule has 3 heterocycles. The van der Waals surface area contributed by atoms with Crippen molar-refractivity contribution < 1.29 is 75.0 Å². The first kappa shape index (κ1) is 62.1. The molecule has 16 heteroatoms. The van der Waals surface area contributed by atoms with Gasteiger partial charge in [-0.25, -0.2) is 4.79 Å². The Kier molecular flexibility index (Phi) is 21.8. The summed E-state index contributed by atoms with van der Waals surface area (Å²) in [6.07, 6.45) is 3.09. The van der Waals surface area contributed by atoms with Gasteiger partial charge >= 0.3 is 36.0 Å². The minimum absolute atomic E-state index is 0.0197. The van der Waals surface area contributed by atoms with Crippen LogP contribution in [0.3, 0.4) is 0 Å². The Morgan fingerprint density at radius 1 is 0.667 bits per heavy atom. The van der Waals surface area contributed by atoms with E-state index in [1.165, 1.54) is 38.5 Å². The topological polar surface area (TPSA) is 159 Å². The van der Waals surface area contributed by atoms with Crippen molar-refractivity contribution in [3.8, 4) is 0 Å². The number of carbonyl (C=O) groups is 5. The number of fused-ring (bicyclic) bond motifs is 3. The van der Waals surface area contributed by atoms with Crippen LogP contribution < -0.4 is 0 Å². The van der Waals surface area contributed by atoms with E-state index in [-0.39, 0.29) is 34.0 Å². The molecule has 69 heavy (non-hydrogen) atoms. The predicted octanol–water partition coefficient (Wildman–Crippen LogP) is 12.3. The monoisotopic (exact) mass is 993 g/mol. The highest BCUT2D eigenvalue weighted by molar-refractivity contribution is 5.84. The van der Waals surface area contributed by atoms with Crippen LogP contribution in [0, 0.1) is 33.5 Å². The van der Waals surface area contributed by atoms with Crippen molar-refractivity contribution in [1.82, 2.24) is 0 Å². The van der Waals surface area contributed by atoms with E-state index in [2.05, 4.69) is 32.4 Å². The van der Waals surface area contributed by atoms with Crippen molar-refractivity contribution in [3.63, 3.8) is 0 Å². The van der Waals surface area contributed by atoms with Gasteiger partial charge in [0.05, 0.1) is 21.7 Å². The SMILES string of the molecule is CCC(C)(C)C(=O)OC(C)(C)C1CCC(C)CC1.CCC(C)(C)C(=O)OC(C)C(F)(F)F.CCC(C)(C)C(=O)OC1C(=O)OC2C3OC(C)(C)OC3OC12.CCC1(OC(=O)C(C)(C)CC)CCCC1. The lowest BCUT2D eigenvalue weighted by Crippen LogP contribution is -2.42. The average Bonchev–Trinajstić information content (AvgIpc) is 4.01. The molecule has 6 atom stereocenters. The van der Waals surface area contributed by atoms with E-state index in [0.29, 0.717) is 18.8 Å². The number of hydrogen-bond donors (Lipinski definition) is 0. The van der Waals surface area contributed by atoms with Crippen LogP contribution in [0.25, 0.3) is 0 Å². The van der Waals surface area contributed by atoms with Gasteiger partial charge in [0.25, 0.3) is 0 Å². The molecule has 2 aliphatic carbocycles. The minimum atomic E-state index is -4.49. The summed E-state index contributed by atoms with van der Waals surface area (Å²) >= 11 is 0. The maximum Gasteiger partial charge on any atom is 0.425 e. The third-order valence-corrected chi connectivity index (χ3v) is 15.4. The van der Waals surface area contributed by atoms with Crippen molar-refractivity contribution in [2.75, 3.05) is 0 Å². The predicted molar refractivity (Wildman–Crippen MR) is 255 cm³/mol. The van der Waals surface area contributed by atoms with Gasteiger partial charge in [0.2, 0.25) is 6.10 Å². The molecular weight excluding hydrogens is 902 g/mol. The van der Waals surface area contributed by atoms with Crippen LogP contribution in [0.4, 0.5) is 13.2 Å². The van der Waals surface area contributed by atoms with Crippen LogP contribution in [0.15, 0.2) is 0 Å². The van der Waals surface area contributed by atoms with Gasteiger partial charge in [0.1, 0.15) is 17.3 Å². The van der Waals surface area contributed by atoms with Gasteiger partial charge in [-0.05, 0) is 172 Å². The van der Waals surface area contributed by atoms with E-state index < -0.39 is 77.5 Å². The molecule has 5 aliphatic rings. The Bertz CT molecular complexity index is 1700. The van der Waals surface area contributed by atoms with E-state index in [0.717, 1.165) is 44.9 Å². The number of rotatable bonds is 14. The van der Waals surface area contributed by atoms with Crippen LogP contribution in [-0.4, -0.2) is 89.8 Å². The van der Waals surface area contributed by atoms with E-state index in [1.54, 1.807) is 48.5 Å². The minimum Gasteiger partial charge on any atom is -0.459 e. The van der Waals surface area contributed by atoms with Gasteiger partial charge in [-0.1, -0.05) is 54.4 Å². The van der Waals surface area contributed by atoms with Crippen molar-refractivity contribution in [2.24, 2.45) is 33.5 Å². The molecule has 13 nitrogen and oxygen atoms in total. The highest BCUT2D eigenvalue weighted by Crippen LogP contribution is 2.44. The fourth-order valence-corrected chi connectivity index (χ4v) is 7.87. The van der Waals surface area contributed by atoms with E-state index in [4.69, 9.17) is 33.2 Å². The van der Waals surface area contributed by atoms with Crippen LogP contribution in [0.2, 0.25) is 0 Å². The van der Waals surface area contributed by atoms with Crippen LogP contribution in [-0.2, 0) is 61.9 Å². The van der Waals surface area contributed by atoms with Gasteiger partial charge in [-0.2, -0.15) is 13.2 Å². The molecule has 3 saturated heterocycles. The van der Waals surface area contributed by atoms with Gasteiger partial charge in [-0.3, -0.25) is 19.2 Å². The zero-order chi connectivity index (χ0) is 53.4. The Labute approximate surface area is 412 Å². The van der Waals surface area contributed by atoms with Crippen molar-refractivity contribution in [2.45, 2.75) is 275 Å². The summed E-state index contributed by atoms with van der Waals surface area (Å²) in [4.78, 5) is 59.6. The summed E-state index contributed by atoms with van der Waals surface area (Å²) in [5, 5.41) is 0. The molecule has 0 bridgehead atoms. The molecule has 3 aliphatic heterocycles. The number of esters is 5. The van der Waals surface area contributed by atoms with E-state index >= 15 is 0 Å². The highest BCUT2D eigenvalue weighted by Gasteiger charge is 2.64. The molecule has 402 valence electrons. The lowest BCUT2D eigenvalue weighted by molar-refractivity contribution is -0.221. The normalized spacial score (nSPS) is 26.8. The zero-order valence-electron chi connectivity index (χ0n) is 45.8. The summed E-state index contributed by atoms with van der Waals surface area (Å²) in [5.74, 6) is -1.36. The highest BCUT2D eigenvalue weighted by atomic mass is 19.4. The molecule has 0 aromatic heterocycles. The standard InChI is InChI=1S/C16H30O2.C15H22O7.C13H24O2.C9H15F3O2/c1-7-15(3,4)14(17)18-16(5,6)13-10-8-12(2)9-11-13;1-6-14(2,3)13(17)20-9-7-8(18-11(9)16)10-12(19-7)22-15(4,5)21-10;1-5-12(3,4)11(14)15-13(6-2)9-7-8-10-13;1-5-8(3,4)7(13)14-6(2)9(10,11)12/h12-13H,7-11H2,1-6H3;7-10,12H,6H2,1-5H3;5-10H2,1-4H3;6H,5H2,1-4H3. The van der Waals surface area contributed by atoms with Crippen molar-refractivity contribution >= 4 is 29.8 Å². The van der Waals surface area contributed by atoms with E-state index in [1.807, 2.05) is 48.5 Å². The van der Waals surface area contributed by atoms with Gasteiger partial charge in [0.15, 0.2) is 30.4 Å². The van der Waals surface area contributed by atoms with Gasteiger partial charge in [0, 0.05) is 0 Å². The zero-order valence-corrected chi connectivity index (χ0v) is 45.8. The Morgan fingerprint density at radius 2 is 1.13 bits per heavy atom. The lowest BCUT2D eigenvalue weighted by atomic mass is 9.75. The molecule has 2 saturated carbocycles. The summed E-state index contributed by atoms with van der Waals surface area (Å²) in [6.45, 7) is 35.1. The van der Waals surface area contributed by atoms with Crippen LogP contribution >= 0.6 is 0 Å². The van der Waals surface area contributed by atoms with E-state index in [9.17, 15) is 37.1 Å². The summed E-state index contributed by atoms with van der Waals surface area (Å²) in [7, 11) is 0. The number of halogens is 3. The van der Waals surface area contributed by atoms with Gasteiger partial charge < -0.3 is 37.9 Å². The lowest BCUT2D eigenvalue weighted by Gasteiger charge is -2.39. The first-order valence-corrected chi connectivity index (χ1v) is 25.6. The third kappa shape index (κ3) is 17.1. The second-order valence-corrected chi connectivity index (χ2v) is 23.4. The fraction of sp³-hybridized carbons (Fsp3) is 0.906. The second kappa shape index (κ2) is 24.2. The third-order valence-electron chi connectivity index (χ3n) is 15.4. The average molecular weight is 993 g/mol. The number of alkyl halides is 3. The summed E-state index contributed by atoms with van der Waals surface area (Å²) < 4.78 is 79.7. The number of hydrogen-bond acceptors (Lipinski definition) is 13. The number of ether oxygens (including phenoxy) is 8. The first-order valence-electron chi connectivity index (χ1n) is 25.6. The van der Waals surface area contributed by atoms with Gasteiger partial charge in [-0.15, -0.1) is 0 Å². The maximum atomic E-state index is 12.2. The largest absolute Gasteiger partial charge is 0.459 e. The van der Waals surface area contributed by atoms with Crippen LogP contribution in [0.1, 0.15) is 215 Å². The molecule has 0 spiro atoms. The fourth-order valence-electron chi connectivity index (χ4n) is 7.87. The smallest absolute Gasteiger partial charge is 0.425 e. The molecule has 0 amide bonds. The Morgan fingerprint density at radius 3 is 1.59 bits per heavy atom. The van der Waals surface area contributed by atoms with Crippen molar-refractivity contribution in [1.29, 1.82) is 0 Å². The summed E-state index contributed by atoms with van der Waals surface area (Å²) in [5.41, 5.74) is -2.67. The number of carbonyl (C=O) groups excluding carboxylic acids is 5. The van der Waals surface area contributed by atoms with Crippen molar-refractivity contribution in [3.05, 3.63) is 0 Å². The maximum absolute atomic E-state index is 12.2. The van der Waals surface area contributed by atoms with Crippen LogP contribution in [0.5, 0.6) is 0 Å². The molecule has 0 aromatic carbocycles. The molecule has 0 aromatic rings. The molecule has 5 rings (SSSR count). The molecule has 5 fully saturated rings. The quantitative estimate of drug-likeness (QED) is 0.120. The Balaban J connectivity index is 0.000000321. The molecule has 0 radical (unpaired) electrons. The molecular formula is C53H91F3O13.